The van der Waals surface area contributed by atoms with E-state index in [1.807, 2.05) is 0 Å². The number of allylic oxidation sites excluding steroid dienone is 4. The van der Waals surface area contributed by atoms with Crippen molar-refractivity contribution in [2.45, 2.75) is 59.0 Å². The zero-order chi connectivity index (χ0) is 11.3. The van der Waals surface area contributed by atoms with Crippen molar-refractivity contribution in [1.82, 2.24) is 0 Å². The SMILES string of the molecule is CC(C)=CCC[C@H](O)[C@@H]1CC=C(C)CC1. The van der Waals surface area contributed by atoms with E-state index in [-0.39, 0.29) is 6.10 Å². The minimum atomic E-state index is -0.107. The molecule has 15 heavy (non-hydrogen) atoms. The van der Waals surface area contributed by atoms with Crippen molar-refractivity contribution >= 4 is 0 Å². The average molecular weight is 208 g/mol. The van der Waals surface area contributed by atoms with Crippen LogP contribution in [0.4, 0.5) is 0 Å². The molecule has 1 N–H and O–H groups in total. The summed E-state index contributed by atoms with van der Waals surface area (Å²) in [5, 5.41) is 10.0. The van der Waals surface area contributed by atoms with E-state index in [2.05, 4.69) is 32.9 Å². The summed E-state index contributed by atoms with van der Waals surface area (Å²) in [5.41, 5.74) is 2.84. The van der Waals surface area contributed by atoms with Gasteiger partial charge in [-0.3, -0.25) is 0 Å². The minimum Gasteiger partial charge on any atom is -0.393 e. The number of rotatable bonds is 4. The first-order chi connectivity index (χ1) is 7.09. The fourth-order valence-corrected chi connectivity index (χ4v) is 2.11. The van der Waals surface area contributed by atoms with Crippen LogP contribution in [0.3, 0.4) is 0 Å². The molecular formula is C14H24O. The molecule has 0 amide bonds. The molecule has 0 radical (unpaired) electrons. The summed E-state index contributed by atoms with van der Waals surface area (Å²) < 4.78 is 0. The Bertz CT molecular complexity index is 246. The fraction of sp³-hybridized carbons (Fsp3) is 0.714. The number of aliphatic hydroxyl groups excluding tert-OH is 1. The lowest BCUT2D eigenvalue weighted by molar-refractivity contribution is 0.0936. The van der Waals surface area contributed by atoms with Crippen LogP contribution < -0.4 is 0 Å². The molecule has 0 saturated heterocycles. The van der Waals surface area contributed by atoms with Gasteiger partial charge in [-0.05, 0) is 58.8 Å². The summed E-state index contributed by atoms with van der Waals surface area (Å²) in [6.45, 7) is 6.41. The van der Waals surface area contributed by atoms with E-state index in [4.69, 9.17) is 0 Å². The normalized spacial score (nSPS) is 23.2. The average Bonchev–Trinajstić information content (AvgIpc) is 2.18. The molecule has 0 spiro atoms. The summed E-state index contributed by atoms with van der Waals surface area (Å²) in [6, 6.07) is 0. The van der Waals surface area contributed by atoms with Crippen LogP contribution in [0.5, 0.6) is 0 Å². The second kappa shape index (κ2) is 6.12. The molecule has 0 saturated carbocycles. The van der Waals surface area contributed by atoms with Gasteiger partial charge in [0, 0.05) is 0 Å². The molecule has 1 nitrogen and oxygen atoms in total. The highest BCUT2D eigenvalue weighted by molar-refractivity contribution is 5.04. The van der Waals surface area contributed by atoms with Crippen LogP contribution in [-0.2, 0) is 0 Å². The molecule has 0 unspecified atom stereocenters. The zero-order valence-electron chi connectivity index (χ0n) is 10.3. The summed E-state index contributed by atoms with van der Waals surface area (Å²) in [6.07, 6.45) is 9.74. The molecule has 1 rings (SSSR count). The summed E-state index contributed by atoms with van der Waals surface area (Å²) in [4.78, 5) is 0. The first-order valence-corrected chi connectivity index (χ1v) is 6.06. The van der Waals surface area contributed by atoms with E-state index in [9.17, 15) is 5.11 Å². The Labute approximate surface area is 93.9 Å². The molecule has 86 valence electrons. The maximum absolute atomic E-state index is 10.0. The van der Waals surface area contributed by atoms with Gasteiger partial charge in [-0.15, -0.1) is 0 Å². The Morgan fingerprint density at radius 1 is 1.60 bits per heavy atom. The Kier molecular flexibility index (Phi) is 5.10. The van der Waals surface area contributed by atoms with E-state index < -0.39 is 0 Å². The van der Waals surface area contributed by atoms with Gasteiger partial charge in [0.25, 0.3) is 0 Å². The summed E-state index contributed by atoms with van der Waals surface area (Å²) in [7, 11) is 0. The van der Waals surface area contributed by atoms with E-state index in [1.165, 1.54) is 24.0 Å². The fourth-order valence-electron chi connectivity index (χ4n) is 2.11. The van der Waals surface area contributed by atoms with E-state index in [0.717, 1.165) is 19.3 Å². The topological polar surface area (TPSA) is 20.2 Å². The monoisotopic (exact) mass is 208 g/mol. The standard InChI is InChI=1S/C14H24O/c1-11(2)5-4-6-14(15)13-9-7-12(3)8-10-13/h5,7,13-15H,4,6,8-10H2,1-3H3/t13-,14+/m1/s1. The van der Waals surface area contributed by atoms with Crippen LogP contribution in [0.15, 0.2) is 23.3 Å². The summed E-state index contributed by atoms with van der Waals surface area (Å²) in [5.74, 6) is 0.499. The smallest absolute Gasteiger partial charge is 0.0574 e. The predicted octanol–water partition coefficient (Wildman–Crippen LogP) is 3.84. The number of aliphatic hydroxyl groups is 1. The molecule has 2 atom stereocenters. The number of hydrogen-bond donors (Lipinski definition) is 1. The second-order valence-electron chi connectivity index (χ2n) is 5.01. The van der Waals surface area contributed by atoms with Crippen molar-refractivity contribution in [2.24, 2.45) is 5.92 Å². The predicted molar refractivity (Wildman–Crippen MR) is 65.8 cm³/mol. The van der Waals surface area contributed by atoms with Gasteiger partial charge in [0.1, 0.15) is 0 Å². The van der Waals surface area contributed by atoms with Crippen LogP contribution >= 0.6 is 0 Å². The Balaban J connectivity index is 2.29. The molecule has 1 heteroatoms. The quantitative estimate of drug-likeness (QED) is 0.696. The van der Waals surface area contributed by atoms with Gasteiger partial charge in [0.05, 0.1) is 6.10 Å². The van der Waals surface area contributed by atoms with Crippen molar-refractivity contribution in [1.29, 1.82) is 0 Å². The largest absolute Gasteiger partial charge is 0.393 e. The van der Waals surface area contributed by atoms with Crippen LogP contribution in [0.25, 0.3) is 0 Å². The van der Waals surface area contributed by atoms with Crippen molar-refractivity contribution in [3.63, 3.8) is 0 Å². The minimum absolute atomic E-state index is 0.107. The van der Waals surface area contributed by atoms with Crippen LogP contribution in [-0.4, -0.2) is 11.2 Å². The molecule has 0 fully saturated rings. The van der Waals surface area contributed by atoms with Gasteiger partial charge in [0.2, 0.25) is 0 Å². The Hall–Kier alpha value is -0.560. The lowest BCUT2D eigenvalue weighted by Gasteiger charge is -2.25. The third kappa shape index (κ3) is 4.65. The highest BCUT2D eigenvalue weighted by Gasteiger charge is 2.19. The zero-order valence-corrected chi connectivity index (χ0v) is 10.3. The van der Waals surface area contributed by atoms with Crippen molar-refractivity contribution in [2.75, 3.05) is 0 Å². The Morgan fingerprint density at radius 2 is 2.33 bits per heavy atom. The highest BCUT2D eigenvalue weighted by atomic mass is 16.3. The summed E-state index contributed by atoms with van der Waals surface area (Å²) >= 11 is 0. The molecular weight excluding hydrogens is 184 g/mol. The molecule has 0 aromatic heterocycles. The molecule has 0 bridgehead atoms. The first kappa shape index (κ1) is 12.5. The van der Waals surface area contributed by atoms with Gasteiger partial charge < -0.3 is 5.11 Å². The molecule has 0 heterocycles. The molecule has 0 aromatic carbocycles. The van der Waals surface area contributed by atoms with E-state index in [1.54, 1.807) is 0 Å². The van der Waals surface area contributed by atoms with Crippen molar-refractivity contribution in [3.05, 3.63) is 23.3 Å². The van der Waals surface area contributed by atoms with Crippen molar-refractivity contribution in [3.8, 4) is 0 Å². The third-order valence-electron chi connectivity index (χ3n) is 3.24. The lowest BCUT2D eigenvalue weighted by Crippen LogP contribution is -2.21. The van der Waals surface area contributed by atoms with Gasteiger partial charge >= 0.3 is 0 Å². The van der Waals surface area contributed by atoms with Crippen LogP contribution in [0.2, 0.25) is 0 Å². The molecule has 0 aromatic rings. The second-order valence-corrected chi connectivity index (χ2v) is 5.01. The Morgan fingerprint density at radius 3 is 2.87 bits per heavy atom. The van der Waals surface area contributed by atoms with Gasteiger partial charge in [-0.1, -0.05) is 23.3 Å². The van der Waals surface area contributed by atoms with E-state index >= 15 is 0 Å². The van der Waals surface area contributed by atoms with E-state index in [0.29, 0.717) is 5.92 Å². The molecule has 1 aliphatic rings. The highest BCUT2D eigenvalue weighted by Crippen LogP contribution is 2.27. The molecule has 0 aliphatic heterocycles. The van der Waals surface area contributed by atoms with Gasteiger partial charge in [-0.25, -0.2) is 0 Å². The number of hydrogen-bond acceptors (Lipinski definition) is 1. The maximum Gasteiger partial charge on any atom is 0.0574 e. The van der Waals surface area contributed by atoms with Crippen molar-refractivity contribution < 1.29 is 5.11 Å². The molecule has 1 aliphatic carbocycles. The third-order valence-corrected chi connectivity index (χ3v) is 3.24. The van der Waals surface area contributed by atoms with Crippen LogP contribution in [0, 0.1) is 5.92 Å². The van der Waals surface area contributed by atoms with Gasteiger partial charge in [-0.2, -0.15) is 0 Å². The maximum atomic E-state index is 10.0. The first-order valence-electron chi connectivity index (χ1n) is 6.06. The van der Waals surface area contributed by atoms with Crippen LogP contribution in [0.1, 0.15) is 52.9 Å². The van der Waals surface area contributed by atoms with Gasteiger partial charge in [0.15, 0.2) is 0 Å². The lowest BCUT2D eigenvalue weighted by atomic mass is 9.84.